The fourth-order valence-corrected chi connectivity index (χ4v) is 1.77. The third kappa shape index (κ3) is 3.62. The Balaban J connectivity index is 1.94. The van der Waals surface area contributed by atoms with Gasteiger partial charge in [-0.05, 0) is 31.0 Å². The molecule has 1 fully saturated rings. The maximum atomic E-state index is 12.5. The number of carbonyl (C=O) groups excluding carboxylic acids is 1. The van der Waals surface area contributed by atoms with E-state index >= 15 is 0 Å². The van der Waals surface area contributed by atoms with E-state index in [1.165, 1.54) is 12.1 Å². The first kappa shape index (κ1) is 13.7. The third-order valence-electron chi connectivity index (χ3n) is 3.12. The van der Waals surface area contributed by atoms with Crippen molar-refractivity contribution in [2.45, 2.75) is 25.1 Å². The quantitative estimate of drug-likeness (QED) is 0.914. The summed E-state index contributed by atoms with van der Waals surface area (Å²) < 4.78 is 37.5. The van der Waals surface area contributed by atoms with Crippen LogP contribution in [-0.2, 0) is 11.0 Å². The molecule has 1 amide bonds. The summed E-state index contributed by atoms with van der Waals surface area (Å²) in [4.78, 5) is 13.4. The SMILES string of the molecule is CN(C(=O)CNc1cccc(C(F)(F)F)c1)C1CC1. The molecule has 0 spiro atoms. The molecule has 6 heteroatoms. The van der Waals surface area contributed by atoms with Crippen LogP contribution in [0.4, 0.5) is 18.9 Å². The number of rotatable bonds is 4. The van der Waals surface area contributed by atoms with Gasteiger partial charge in [-0.15, -0.1) is 0 Å². The first-order valence-electron chi connectivity index (χ1n) is 6.05. The molecule has 0 atom stereocenters. The van der Waals surface area contributed by atoms with Gasteiger partial charge in [0.05, 0.1) is 12.1 Å². The van der Waals surface area contributed by atoms with Crippen LogP contribution in [0.2, 0.25) is 0 Å². The van der Waals surface area contributed by atoms with Gasteiger partial charge in [0, 0.05) is 18.8 Å². The van der Waals surface area contributed by atoms with E-state index < -0.39 is 11.7 Å². The third-order valence-corrected chi connectivity index (χ3v) is 3.12. The van der Waals surface area contributed by atoms with Crippen molar-refractivity contribution in [2.24, 2.45) is 0 Å². The Labute approximate surface area is 109 Å². The predicted molar refractivity (Wildman–Crippen MR) is 65.7 cm³/mol. The molecule has 1 saturated carbocycles. The van der Waals surface area contributed by atoms with Gasteiger partial charge in [0.15, 0.2) is 0 Å². The molecule has 0 heterocycles. The Morgan fingerprint density at radius 1 is 1.42 bits per heavy atom. The molecule has 0 saturated heterocycles. The van der Waals surface area contributed by atoms with Crippen molar-refractivity contribution >= 4 is 11.6 Å². The number of benzene rings is 1. The van der Waals surface area contributed by atoms with Gasteiger partial charge in [0.1, 0.15) is 0 Å². The highest BCUT2D eigenvalue weighted by Crippen LogP contribution is 2.30. The van der Waals surface area contributed by atoms with Crippen molar-refractivity contribution in [1.29, 1.82) is 0 Å². The van der Waals surface area contributed by atoms with Crippen molar-refractivity contribution in [1.82, 2.24) is 4.90 Å². The number of nitrogens with one attached hydrogen (secondary N) is 1. The second kappa shape index (κ2) is 5.11. The number of likely N-dealkylation sites (N-methyl/N-ethyl adjacent to an activating group) is 1. The lowest BCUT2D eigenvalue weighted by atomic mass is 10.2. The minimum absolute atomic E-state index is 0.00824. The van der Waals surface area contributed by atoms with E-state index in [4.69, 9.17) is 0 Å². The summed E-state index contributed by atoms with van der Waals surface area (Å²) in [5.74, 6) is -0.111. The lowest BCUT2D eigenvalue weighted by molar-refractivity contribution is -0.137. The summed E-state index contributed by atoms with van der Waals surface area (Å²) in [7, 11) is 1.72. The van der Waals surface area contributed by atoms with Crippen molar-refractivity contribution < 1.29 is 18.0 Å². The molecule has 1 aromatic carbocycles. The van der Waals surface area contributed by atoms with Gasteiger partial charge in [0.25, 0.3) is 0 Å². The molecular formula is C13H15F3N2O. The molecular weight excluding hydrogens is 257 g/mol. The van der Waals surface area contributed by atoms with E-state index in [0.717, 1.165) is 25.0 Å². The minimum atomic E-state index is -4.37. The van der Waals surface area contributed by atoms with Crippen LogP contribution in [-0.4, -0.2) is 30.4 Å². The molecule has 2 rings (SSSR count). The number of hydrogen-bond donors (Lipinski definition) is 1. The number of hydrogen-bond acceptors (Lipinski definition) is 2. The second-order valence-electron chi connectivity index (χ2n) is 4.67. The highest BCUT2D eigenvalue weighted by Gasteiger charge is 2.31. The maximum Gasteiger partial charge on any atom is 0.416 e. The lowest BCUT2D eigenvalue weighted by Crippen LogP contribution is -2.33. The summed E-state index contributed by atoms with van der Waals surface area (Å²) in [6.07, 6.45) is -2.36. The summed E-state index contributed by atoms with van der Waals surface area (Å²) in [6, 6.07) is 5.14. The van der Waals surface area contributed by atoms with E-state index in [1.54, 1.807) is 11.9 Å². The summed E-state index contributed by atoms with van der Waals surface area (Å²) in [5, 5.41) is 2.73. The fourth-order valence-electron chi connectivity index (χ4n) is 1.77. The van der Waals surface area contributed by atoms with E-state index in [0.29, 0.717) is 11.7 Å². The first-order valence-corrected chi connectivity index (χ1v) is 6.05. The van der Waals surface area contributed by atoms with Gasteiger partial charge in [0.2, 0.25) is 5.91 Å². The number of carbonyl (C=O) groups is 1. The van der Waals surface area contributed by atoms with Crippen molar-refractivity contribution in [3.63, 3.8) is 0 Å². The molecule has 104 valence electrons. The average Bonchev–Trinajstić information content (AvgIpc) is 3.18. The van der Waals surface area contributed by atoms with Crippen LogP contribution in [0.25, 0.3) is 0 Å². The Hall–Kier alpha value is -1.72. The highest BCUT2D eigenvalue weighted by atomic mass is 19.4. The summed E-state index contributed by atoms with van der Waals surface area (Å²) in [5.41, 5.74) is -0.423. The van der Waals surface area contributed by atoms with Crippen LogP contribution >= 0.6 is 0 Å². The van der Waals surface area contributed by atoms with Crippen molar-refractivity contribution in [3.05, 3.63) is 29.8 Å². The normalized spacial score (nSPS) is 15.2. The van der Waals surface area contributed by atoms with Gasteiger partial charge in [-0.1, -0.05) is 6.07 Å². The summed E-state index contributed by atoms with van der Waals surface area (Å²) in [6.45, 7) is 0.00824. The maximum absolute atomic E-state index is 12.5. The van der Waals surface area contributed by atoms with Crippen LogP contribution in [0.15, 0.2) is 24.3 Å². The molecule has 0 bridgehead atoms. The summed E-state index contributed by atoms with van der Waals surface area (Å²) >= 11 is 0. The zero-order valence-corrected chi connectivity index (χ0v) is 10.5. The molecule has 1 aromatic rings. The van der Waals surface area contributed by atoms with Crippen LogP contribution in [0.1, 0.15) is 18.4 Å². The second-order valence-corrected chi connectivity index (χ2v) is 4.67. The Bertz CT molecular complexity index is 469. The van der Waals surface area contributed by atoms with Gasteiger partial charge < -0.3 is 10.2 Å². The van der Waals surface area contributed by atoms with Gasteiger partial charge in [-0.3, -0.25) is 4.79 Å². The van der Waals surface area contributed by atoms with E-state index in [-0.39, 0.29) is 12.5 Å². The fraction of sp³-hybridized carbons (Fsp3) is 0.462. The van der Waals surface area contributed by atoms with Gasteiger partial charge >= 0.3 is 6.18 Å². The topological polar surface area (TPSA) is 32.3 Å². The lowest BCUT2D eigenvalue weighted by Gasteiger charge is -2.17. The predicted octanol–water partition coefficient (Wildman–Crippen LogP) is 2.74. The molecule has 0 unspecified atom stereocenters. The largest absolute Gasteiger partial charge is 0.416 e. The monoisotopic (exact) mass is 272 g/mol. The molecule has 0 aliphatic heterocycles. The van der Waals surface area contributed by atoms with Crippen LogP contribution in [0, 0.1) is 0 Å². The molecule has 0 aromatic heterocycles. The Morgan fingerprint density at radius 3 is 2.68 bits per heavy atom. The van der Waals surface area contributed by atoms with Crippen molar-refractivity contribution in [2.75, 3.05) is 18.9 Å². The minimum Gasteiger partial charge on any atom is -0.376 e. The number of anilines is 1. The Morgan fingerprint density at radius 2 is 2.11 bits per heavy atom. The van der Waals surface area contributed by atoms with E-state index in [1.807, 2.05) is 0 Å². The molecule has 0 radical (unpaired) electrons. The number of halogens is 3. The van der Waals surface area contributed by atoms with E-state index in [2.05, 4.69) is 5.32 Å². The molecule has 3 nitrogen and oxygen atoms in total. The van der Waals surface area contributed by atoms with Crippen molar-refractivity contribution in [3.8, 4) is 0 Å². The zero-order valence-electron chi connectivity index (χ0n) is 10.5. The Kier molecular flexibility index (Phi) is 3.68. The molecule has 1 aliphatic carbocycles. The highest BCUT2D eigenvalue weighted by molar-refractivity contribution is 5.81. The molecule has 1 aliphatic rings. The van der Waals surface area contributed by atoms with E-state index in [9.17, 15) is 18.0 Å². The standard InChI is InChI=1S/C13H15F3N2O/c1-18(11-5-6-11)12(19)8-17-10-4-2-3-9(7-10)13(14,15)16/h2-4,7,11,17H,5-6,8H2,1H3. The number of alkyl halides is 3. The molecule has 1 N–H and O–H groups in total. The zero-order chi connectivity index (χ0) is 14.0. The van der Waals surface area contributed by atoms with Crippen LogP contribution in [0.5, 0.6) is 0 Å². The first-order chi connectivity index (χ1) is 8.88. The smallest absolute Gasteiger partial charge is 0.376 e. The van der Waals surface area contributed by atoms with Crippen LogP contribution in [0.3, 0.4) is 0 Å². The number of amides is 1. The average molecular weight is 272 g/mol. The number of nitrogens with zero attached hydrogens (tertiary/aromatic N) is 1. The van der Waals surface area contributed by atoms with Crippen LogP contribution < -0.4 is 5.32 Å². The molecule has 19 heavy (non-hydrogen) atoms. The van der Waals surface area contributed by atoms with Gasteiger partial charge in [-0.25, -0.2) is 0 Å². The van der Waals surface area contributed by atoms with Gasteiger partial charge in [-0.2, -0.15) is 13.2 Å².